The smallest absolute Gasteiger partial charge is 0.130 e. The minimum absolute atomic E-state index is 0. The molecule has 0 saturated carbocycles. The Bertz CT molecular complexity index is 344. The fourth-order valence-electron chi connectivity index (χ4n) is 1.66. The summed E-state index contributed by atoms with van der Waals surface area (Å²) in [5, 5.41) is 0. The zero-order valence-corrected chi connectivity index (χ0v) is 10.4. The van der Waals surface area contributed by atoms with Crippen molar-refractivity contribution in [2.24, 2.45) is 0 Å². The van der Waals surface area contributed by atoms with Crippen LogP contribution in [0.4, 0.5) is 0 Å². The third kappa shape index (κ3) is 2.11. The third-order valence-corrected chi connectivity index (χ3v) is 2.21. The van der Waals surface area contributed by atoms with Crippen molar-refractivity contribution in [1.29, 1.82) is 0 Å². The van der Waals surface area contributed by atoms with E-state index in [1.54, 1.807) is 6.26 Å². The average Bonchev–Trinajstić information content (AvgIpc) is 2.58. The van der Waals surface area contributed by atoms with Gasteiger partial charge in [0, 0.05) is 31.8 Å². The van der Waals surface area contributed by atoms with Crippen LogP contribution in [-0.4, -0.2) is 0 Å². The number of rotatable bonds is 1. The maximum atomic E-state index is 5.34. The molecule has 1 heterocycles. The SMILES string of the molecule is CC1=CC(C)=C(c2ccco2)C1.[Zr]. The fraction of sp³-hybridized carbons (Fsp3) is 0.273. The van der Waals surface area contributed by atoms with Crippen LogP contribution in [0.2, 0.25) is 0 Å². The van der Waals surface area contributed by atoms with Gasteiger partial charge in [0.2, 0.25) is 0 Å². The number of hydrogen-bond acceptors (Lipinski definition) is 1. The van der Waals surface area contributed by atoms with E-state index in [1.807, 2.05) is 12.1 Å². The minimum atomic E-state index is 0. The van der Waals surface area contributed by atoms with Crippen LogP contribution in [0.5, 0.6) is 0 Å². The molecule has 2 heteroatoms. The molecule has 0 atom stereocenters. The van der Waals surface area contributed by atoms with Crippen molar-refractivity contribution in [3.63, 3.8) is 0 Å². The molecule has 0 aliphatic heterocycles. The second-order valence-electron chi connectivity index (χ2n) is 3.31. The first-order chi connectivity index (χ1) is 5.77. The van der Waals surface area contributed by atoms with Crippen molar-refractivity contribution in [2.75, 3.05) is 0 Å². The zero-order valence-electron chi connectivity index (χ0n) is 7.92. The molecule has 0 aromatic carbocycles. The van der Waals surface area contributed by atoms with Gasteiger partial charge < -0.3 is 4.42 Å². The standard InChI is InChI=1S/C11H12O.Zr/c1-8-6-9(2)10(7-8)11-4-3-5-12-11;/h3-6H,7H2,1-2H3;. The largest absolute Gasteiger partial charge is 0.465 e. The van der Waals surface area contributed by atoms with Gasteiger partial charge in [-0.3, -0.25) is 0 Å². The first-order valence-corrected chi connectivity index (χ1v) is 4.18. The first kappa shape index (κ1) is 10.7. The average molecular weight is 251 g/mol. The van der Waals surface area contributed by atoms with E-state index in [9.17, 15) is 0 Å². The summed E-state index contributed by atoms with van der Waals surface area (Å²) < 4.78 is 5.34. The van der Waals surface area contributed by atoms with Crippen LogP contribution in [0.1, 0.15) is 26.0 Å². The van der Waals surface area contributed by atoms with Gasteiger partial charge >= 0.3 is 0 Å². The molecule has 0 N–H and O–H groups in total. The van der Waals surface area contributed by atoms with Crippen molar-refractivity contribution < 1.29 is 30.6 Å². The molecular formula is C11H12OZr. The van der Waals surface area contributed by atoms with Crippen LogP contribution in [0, 0.1) is 0 Å². The molecule has 1 aromatic rings. The quantitative estimate of drug-likeness (QED) is 0.745. The second-order valence-corrected chi connectivity index (χ2v) is 3.31. The molecule has 0 bridgehead atoms. The van der Waals surface area contributed by atoms with Gasteiger partial charge in [-0.1, -0.05) is 11.6 Å². The molecule has 1 aliphatic rings. The summed E-state index contributed by atoms with van der Waals surface area (Å²) in [6.07, 6.45) is 4.99. The van der Waals surface area contributed by atoms with Crippen LogP contribution in [0.3, 0.4) is 0 Å². The van der Waals surface area contributed by atoms with Gasteiger partial charge in [0.15, 0.2) is 0 Å². The summed E-state index contributed by atoms with van der Waals surface area (Å²) in [4.78, 5) is 0. The molecule has 0 spiro atoms. The molecule has 0 saturated heterocycles. The Morgan fingerprint density at radius 1 is 1.31 bits per heavy atom. The third-order valence-electron chi connectivity index (χ3n) is 2.21. The van der Waals surface area contributed by atoms with E-state index in [2.05, 4.69) is 19.9 Å². The summed E-state index contributed by atoms with van der Waals surface area (Å²) in [5.41, 5.74) is 4.08. The molecule has 1 aliphatic carbocycles. The van der Waals surface area contributed by atoms with Crippen LogP contribution in [0.15, 0.2) is 40.0 Å². The molecule has 1 nitrogen and oxygen atoms in total. The fourth-order valence-corrected chi connectivity index (χ4v) is 1.66. The van der Waals surface area contributed by atoms with Gasteiger partial charge in [-0.2, -0.15) is 0 Å². The predicted molar refractivity (Wildman–Crippen MR) is 49.7 cm³/mol. The monoisotopic (exact) mass is 250 g/mol. The Balaban J connectivity index is 0.000000845. The van der Waals surface area contributed by atoms with E-state index >= 15 is 0 Å². The van der Waals surface area contributed by atoms with Crippen LogP contribution >= 0.6 is 0 Å². The van der Waals surface area contributed by atoms with Crippen LogP contribution in [-0.2, 0) is 26.2 Å². The predicted octanol–water partition coefficient (Wildman–Crippen LogP) is 3.40. The van der Waals surface area contributed by atoms with Crippen molar-refractivity contribution >= 4 is 5.57 Å². The zero-order chi connectivity index (χ0) is 8.55. The first-order valence-electron chi connectivity index (χ1n) is 4.18. The Morgan fingerprint density at radius 3 is 2.54 bits per heavy atom. The summed E-state index contributed by atoms with van der Waals surface area (Å²) >= 11 is 0. The summed E-state index contributed by atoms with van der Waals surface area (Å²) in [6, 6.07) is 3.95. The second kappa shape index (κ2) is 4.24. The summed E-state index contributed by atoms with van der Waals surface area (Å²) in [7, 11) is 0. The Labute approximate surface area is 97.6 Å². The number of hydrogen-bond donors (Lipinski definition) is 0. The van der Waals surface area contributed by atoms with Gasteiger partial charge in [0.1, 0.15) is 5.76 Å². The van der Waals surface area contributed by atoms with Gasteiger partial charge in [0.05, 0.1) is 6.26 Å². The van der Waals surface area contributed by atoms with E-state index in [1.165, 1.54) is 16.7 Å². The molecular weight excluding hydrogens is 239 g/mol. The molecule has 1 aromatic heterocycles. The van der Waals surface area contributed by atoms with Gasteiger partial charge in [-0.15, -0.1) is 0 Å². The summed E-state index contributed by atoms with van der Waals surface area (Å²) in [6.45, 7) is 4.29. The van der Waals surface area contributed by atoms with E-state index in [0.29, 0.717) is 0 Å². The molecule has 0 fully saturated rings. The molecule has 66 valence electrons. The van der Waals surface area contributed by atoms with Crippen molar-refractivity contribution in [3.8, 4) is 0 Å². The maximum Gasteiger partial charge on any atom is 0.130 e. The Hall–Kier alpha value is -0.357. The van der Waals surface area contributed by atoms with Gasteiger partial charge in [0.25, 0.3) is 0 Å². The van der Waals surface area contributed by atoms with E-state index in [4.69, 9.17) is 4.42 Å². The van der Waals surface area contributed by atoms with Crippen molar-refractivity contribution in [2.45, 2.75) is 20.3 Å². The van der Waals surface area contributed by atoms with Gasteiger partial charge in [-0.05, 0) is 38.0 Å². The van der Waals surface area contributed by atoms with E-state index in [0.717, 1.165) is 12.2 Å². The number of furan rings is 1. The van der Waals surface area contributed by atoms with Crippen LogP contribution in [0.25, 0.3) is 5.57 Å². The topological polar surface area (TPSA) is 13.1 Å². The molecule has 13 heavy (non-hydrogen) atoms. The molecule has 0 radical (unpaired) electrons. The maximum absolute atomic E-state index is 5.34. The van der Waals surface area contributed by atoms with E-state index < -0.39 is 0 Å². The minimum Gasteiger partial charge on any atom is -0.465 e. The van der Waals surface area contributed by atoms with E-state index in [-0.39, 0.29) is 26.2 Å². The number of allylic oxidation sites excluding steroid dienone is 4. The Kier molecular flexibility index (Phi) is 3.49. The normalized spacial score (nSPS) is 15.7. The molecule has 0 amide bonds. The van der Waals surface area contributed by atoms with Gasteiger partial charge in [-0.25, -0.2) is 0 Å². The van der Waals surface area contributed by atoms with Crippen LogP contribution < -0.4 is 0 Å². The Morgan fingerprint density at radius 2 is 2.08 bits per heavy atom. The molecule has 0 unspecified atom stereocenters. The molecule has 2 rings (SSSR count). The van der Waals surface area contributed by atoms with Crippen molar-refractivity contribution in [3.05, 3.63) is 41.4 Å². The summed E-state index contributed by atoms with van der Waals surface area (Å²) in [5.74, 6) is 1.01. The van der Waals surface area contributed by atoms with Crippen molar-refractivity contribution in [1.82, 2.24) is 0 Å².